The SMILES string of the molecule is Cn1nnc(-c2ccc(O[C@H]3CCC[C@](C)(C(=O)O)C3)c(C3CC3)n2)c1CNc1noc(C2CC2)n1. The number of carboxylic acid groups (broad SMARTS) is 1. The Hall–Kier alpha value is -3.50. The summed E-state index contributed by atoms with van der Waals surface area (Å²) in [6, 6.07) is 3.86. The van der Waals surface area contributed by atoms with E-state index in [9.17, 15) is 9.90 Å². The highest BCUT2D eigenvalue weighted by atomic mass is 16.5. The van der Waals surface area contributed by atoms with E-state index >= 15 is 0 Å². The van der Waals surface area contributed by atoms with Gasteiger partial charge in [0, 0.05) is 25.3 Å². The van der Waals surface area contributed by atoms with Crippen molar-refractivity contribution in [2.45, 2.75) is 82.8 Å². The zero-order valence-electron chi connectivity index (χ0n) is 20.6. The molecule has 3 aliphatic rings. The van der Waals surface area contributed by atoms with Crippen LogP contribution in [0.25, 0.3) is 11.4 Å². The van der Waals surface area contributed by atoms with Crippen LogP contribution in [0.15, 0.2) is 16.7 Å². The molecule has 36 heavy (non-hydrogen) atoms. The standard InChI is InChI=1S/C25H31N7O4/c1-25(23(33)34)11-3-4-16(12-25)35-19-10-9-17(27-20(19)14-5-6-14)21-18(32(2)31-29-21)13-26-24-28-22(36-30-24)15-7-8-15/h9-10,14-16H,3-8,11-13H2,1-2H3,(H,26,30)(H,33,34)/t16-,25-/m0/s1. The van der Waals surface area contributed by atoms with Gasteiger partial charge in [0.25, 0.3) is 5.95 Å². The smallest absolute Gasteiger partial charge is 0.309 e. The summed E-state index contributed by atoms with van der Waals surface area (Å²) >= 11 is 0. The average molecular weight is 494 g/mol. The molecule has 0 bridgehead atoms. The van der Waals surface area contributed by atoms with E-state index < -0.39 is 11.4 Å². The van der Waals surface area contributed by atoms with E-state index in [4.69, 9.17) is 14.2 Å². The minimum absolute atomic E-state index is 0.128. The maximum atomic E-state index is 11.8. The van der Waals surface area contributed by atoms with Crippen molar-refractivity contribution in [2.24, 2.45) is 12.5 Å². The molecule has 0 unspecified atom stereocenters. The van der Waals surface area contributed by atoms with Crippen LogP contribution in [-0.2, 0) is 18.4 Å². The van der Waals surface area contributed by atoms with Crippen LogP contribution in [0.2, 0.25) is 0 Å². The molecule has 3 heterocycles. The molecule has 3 saturated carbocycles. The Morgan fingerprint density at radius 3 is 2.78 bits per heavy atom. The normalized spacial score (nSPS) is 24.0. The number of nitrogens with one attached hydrogen (secondary N) is 1. The molecular weight excluding hydrogens is 462 g/mol. The molecule has 6 rings (SSSR count). The van der Waals surface area contributed by atoms with Crippen molar-refractivity contribution < 1.29 is 19.2 Å². The zero-order valence-corrected chi connectivity index (χ0v) is 20.6. The molecule has 0 amide bonds. The van der Waals surface area contributed by atoms with Gasteiger partial charge >= 0.3 is 5.97 Å². The largest absolute Gasteiger partial charge is 0.488 e. The van der Waals surface area contributed by atoms with Gasteiger partial charge < -0.3 is 19.7 Å². The summed E-state index contributed by atoms with van der Waals surface area (Å²) < 4.78 is 13.4. The second-order valence-corrected chi connectivity index (χ2v) is 10.6. The van der Waals surface area contributed by atoms with E-state index in [0.717, 1.165) is 61.4 Å². The highest BCUT2D eigenvalue weighted by Gasteiger charge is 2.40. The molecule has 0 radical (unpaired) electrons. The molecular formula is C25H31N7O4. The van der Waals surface area contributed by atoms with Crippen LogP contribution < -0.4 is 10.1 Å². The fourth-order valence-corrected chi connectivity index (χ4v) is 4.98. The maximum Gasteiger partial charge on any atom is 0.309 e. The van der Waals surface area contributed by atoms with E-state index in [0.29, 0.717) is 48.8 Å². The first-order valence-electron chi connectivity index (χ1n) is 12.8. The molecule has 2 atom stereocenters. The van der Waals surface area contributed by atoms with Crippen LogP contribution in [0, 0.1) is 5.41 Å². The number of carboxylic acids is 1. The second kappa shape index (κ2) is 8.86. The van der Waals surface area contributed by atoms with Gasteiger partial charge in [0.1, 0.15) is 11.4 Å². The summed E-state index contributed by atoms with van der Waals surface area (Å²) in [5.74, 6) is 1.91. The number of pyridine rings is 1. The molecule has 3 aromatic rings. The summed E-state index contributed by atoms with van der Waals surface area (Å²) in [5, 5.41) is 25.5. The quantitative estimate of drug-likeness (QED) is 0.448. The third kappa shape index (κ3) is 4.54. The minimum atomic E-state index is -0.750. The summed E-state index contributed by atoms with van der Waals surface area (Å²) in [7, 11) is 1.85. The lowest BCUT2D eigenvalue weighted by molar-refractivity contribution is -0.151. The molecule has 190 valence electrons. The molecule has 0 saturated heterocycles. The number of carbonyl (C=O) groups is 1. The fraction of sp³-hybridized carbons (Fsp3) is 0.600. The van der Waals surface area contributed by atoms with E-state index in [-0.39, 0.29) is 6.10 Å². The van der Waals surface area contributed by atoms with E-state index in [1.165, 1.54) is 0 Å². The lowest BCUT2D eigenvalue weighted by Crippen LogP contribution is -2.38. The number of hydrogen-bond acceptors (Lipinski definition) is 9. The summed E-state index contributed by atoms with van der Waals surface area (Å²) in [4.78, 5) is 21.2. The Labute approximate surface area is 208 Å². The van der Waals surface area contributed by atoms with Crippen LogP contribution in [0.3, 0.4) is 0 Å². The van der Waals surface area contributed by atoms with Gasteiger partial charge in [-0.2, -0.15) is 4.98 Å². The number of aliphatic carboxylic acids is 1. The van der Waals surface area contributed by atoms with Crippen molar-refractivity contribution in [3.05, 3.63) is 29.4 Å². The van der Waals surface area contributed by atoms with Gasteiger partial charge in [0.05, 0.1) is 35.1 Å². The van der Waals surface area contributed by atoms with Crippen LogP contribution >= 0.6 is 0 Å². The molecule has 3 fully saturated rings. The molecule has 3 aromatic heterocycles. The Balaban J connectivity index is 1.21. The summed E-state index contributed by atoms with van der Waals surface area (Å²) in [5.41, 5.74) is 2.47. The molecule has 0 aliphatic heterocycles. The molecule has 3 aliphatic carbocycles. The minimum Gasteiger partial charge on any atom is -0.488 e. The fourth-order valence-electron chi connectivity index (χ4n) is 4.98. The monoisotopic (exact) mass is 493 g/mol. The molecule has 0 aromatic carbocycles. The molecule has 11 nitrogen and oxygen atoms in total. The number of hydrogen-bond donors (Lipinski definition) is 2. The van der Waals surface area contributed by atoms with Crippen molar-refractivity contribution in [1.29, 1.82) is 0 Å². The van der Waals surface area contributed by atoms with Gasteiger partial charge in [-0.25, -0.2) is 9.67 Å². The van der Waals surface area contributed by atoms with Crippen molar-refractivity contribution in [3.63, 3.8) is 0 Å². The van der Waals surface area contributed by atoms with Gasteiger partial charge in [-0.1, -0.05) is 5.21 Å². The second-order valence-electron chi connectivity index (χ2n) is 10.6. The van der Waals surface area contributed by atoms with Crippen LogP contribution in [0.1, 0.15) is 87.4 Å². The lowest BCUT2D eigenvalue weighted by atomic mass is 9.74. The van der Waals surface area contributed by atoms with Gasteiger partial charge in [-0.15, -0.1) is 5.10 Å². The van der Waals surface area contributed by atoms with Crippen molar-refractivity contribution in [2.75, 3.05) is 5.32 Å². The third-order valence-electron chi connectivity index (χ3n) is 7.56. The van der Waals surface area contributed by atoms with Crippen molar-refractivity contribution >= 4 is 11.9 Å². The molecule has 11 heteroatoms. The zero-order chi connectivity index (χ0) is 24.9. The van der Waals surface area contributed by atoms with E-state index in [2.05, 4.69) is 25.8 Å². The highest BCUT2D eigenvalue weighted by Crippen LogP contribution is 2.45. The van der Waals surface area contributed by atoms with E-state index in [1.807, 2.05) is 26.1 Å². The number of nitrogens with zero attached hydrogens (tertiary/aromatic N) is 6. The Morgan fingerprint density at radius 2 is 2.03 bits per heavy atom. The first kappa shape index (κ1) is 22.9. The van der Waals surface area contributed by atoms with E-state index in [1.54, 1.807) is 4.68 Å². The highest BCUT2D eigenvalue weighted by molar-refractivity contribution is 5.74. The number of aromatic nitrogens is 6. The van der Waals surface area contributed by atoms with Gasteiger partial charge in [-0.3, -0.25) is 4.79 Å². The van der Waals surface area contributed by atoms with Gasteiger partial charge in [0.2, 0.25) is 5.89 Å². The number of ether oxygens (including phenoxy) is 1. The lowest BCUT2D eigenvalue weighted by Gasteiger charge is -2.35. The topological polar surface area (TPSA) is 141 Å². The Morgan fingerprint density at radius 1 is 1.22 bits per heavy atom. The number of anilines is 1. The predicted molar refractivity (Wildman–Crippen MR) is 128 cm³/mol. The Bertz CT molecular complexity index is 1280. The first-order valence-corrected chi connectivity index (χ1v) is 12.8. The number of aryl methyl sites for hydroxylation is 1. The summed E-state index contributed by atoms with van der Waals surface area (Å²) in [6.45, 7) is 2.25. The molecule has 2 N–H and O–H groups in total. The van der Waals surface area contributed by atoms with Crippen molar-refractivity contribution in [3.8, 4) is 17.1 Å². The summed E-state index contributed by atoms with van der Waals surface area (Å²) in [6.07, 6.45) is 7.11. The molecule has 0 spiro atoms. The van der Waals surface area contributed by atoms with Crippen molar-refractivity contribution in [1.82, 2.24) is 30.1 Å². The van der Waals surface area contributed by atoms with Crippen LogP contribution in [-0.4, -0.2) is 47.3 Å². The first-order chi connectivity index (χ1) is 17.4. The average Bonchev–Trinajstić information content (AvgIpc) is 3.79. The van der Waals surface area contributed by atoms with Gasteiger partial charge in [0.15, 0.2) is 0 Å². The Kier molecular flexibility index (Phi) is 5.65. The van der Waals surface area contributed by atoms with Crippen LogP contribution in [0.4, 0.5) is 5.95 Å². The predicted octanol–water partition coefficient (Wildman–Crippen LogP) is 4.04. The van der Waals surface area contributed by atoms with Crippen LogP contribution in [0.5, 0.6) is 5.75 Å². The maximum absolute atomic E-state index is 11.8. The van der Waals surface area contributed by atoms with Gasteiger partial charge in [-0.05, 0) is 69.2 Å². The number of rotatable bonds is 9. The third-order valence-corrected chi connectivity index (χ3v) is 7.56.